The van der Waals surface area contributed by atoms with E-state index in [0.717, 1.165) is 43.5 Å². The minimum Gasteiger partial charge on any atom is -0.480 e. The summed E-state index contributed by atoms with van der Waals surface area (Å²) in [4.78, 5) is 30.6. The minimum absolute atomic E-state index is 0.126. The summed E-state index contributed by atoms with van der Waals surface area (Å²) < 4.78 is 0. The van der Waals surface area contributed by atoms with E-state index in [9.17, 15) is 14.7 Å². The van der Waals surface area contributed by atoms with Gasteiger partial charge >= 0.3 is 5.97 Å². The van der Waals surface area contributed by atoms with Gasteiger partial charge in [0.05, 0.1) is 5.92 Å². The number of hydrogen-bond donors (Lipinski definition) is 1. The summed E-state index contributed by atoms with van der Waals surface area (Å²) in [5.74, 6) is -1.07. The summed E-state index contributed by atoms with van der Waals surface area (Å²) >= 11 is 0. The summed E-state index contributed by atoms with van der Waals surface area (Å²) in [7, 11) is 0. The maximum atomic E-state index is 14.0. The van der Waals surface area contributed by atoms with Crippen molar-refractivity contribution in [3.05, 3.63) is 108 Å². The average Bonchev–Trinajstić information content (AvgIpc) is 2.94. The first-order chi connectivity index (χ1) is 17.6. The Balaban J connectivity index is 1.35. The third-order valence-electron chi connectivity index (χ3n) is 7.90. The fraction of sp³-hybridized carbons (Fsp3) is 0.355. The van der Waals surface area contributed by atoms with Crippen LogP contribution >= 0.6 is 0 Å². The van der Waals surface area contributed by atoms with Crippen LogP contribution in [0.15, 0.2) is 91.0 Å². The van der Waals surface area contributed by atoms with Gasteiger partial charge in [-0.25, -0.2) is 4.79 Å². The quantitative estimate of drug-likeness (QED) is 0.528. The van der Waals surface area contributed by atoms with E-state index in [0.29, 0.717) is 18.9 Å². The van der Waals surface area contributed by atoms with E-state index >= 15 is 0 Å². The van der Waals surface area contributed by atoms with Crippen molar-refractivity contribution in [3.63, 3.8) is 0 Å². The molecule has 3 aromatic rings. The Morgan fingerprint density at radius 2 is 1.36 bits per heavy atom. The number of aliphatic carboxylic acids is 1. The van der Waals surface area contributed by atoms with Crippen molar-refractivity contribution < 1.29 is 14.7 Å². The van der Waals surface area contributed by atoms with Crippen molar-refractivity contribution in [2.45, 2.75) is 49.6 Å². The molecule has 3 atom stereocenters. The lowest BCUT2D eigenvalue weighted by Crippen LogP contribution is -2.56. The molecule has 2 saturated heterocycles. The van der Waals surface area contributed by atoms with Gasteiger partial charge in [-0.2, -0.15) is 0 Å². The van der Waals surface area contributed by atoms with Gasteiger partial charge in [-0.3, -0.25) is 9.69 Å². The average molecular weight is 483 g/mol. The van der Waals surface area contributed by atoms with E-state index in [1.807, 2.05) is 66.7 Å². The van der Waals surface area contributed by atoms with Gasteiger partial charge in [0.15, 0.2) is 0 Å². The number of carbonyl (C=O) groups excluding carboxylic acids is 1. The molecule has 0 aliphatic carbocycles. The van der Waals surface area contributed by atoms with Gasteiger partial charge in [-0.1, -0.05) is 91.0 Å². The van der Waals surface area contributed by atoms with E-state index in [1.54, 1.807) is 4.90 Å². The lowest BCUT2D eigenvalue weighted by atomic mass is 9.86. The van der Waals surface area contributed by atoms with Crippen LogP contribution in [0.5, 0.6) is 0 Å². The molecule has 2 aliphatic rings. The molecule has 0 aromatic heterocycles. The molecule has 186 valence electrons. The molecule has 0 bridgehead atoms. The SMILES string of the molecule is O=C(O)[C@@H]1C[C@@H](N2CCC[C@H](c3ccccc3)C2)CCN1C(=O)C(c1ccccc1)c1ccccc1. The molecule has 2 heterocycles. The van der Waals surface area contributed by atoms with Crippen molar-refractivity contribution in [3.8, 4) is 0 Å². The van der Waals surface area contributed by atoms with E-state index in [4.69, 9.17) is 0 Å². The monoisotopic (exact) mass is 482 g/mol. The maximum absolute atomic E-state index is 14.0. The number of nitrogens with zero attached hydrogens (tertiary/aromatic N) is 2. The van der Waals surface area contributed by atoms with Crippen LogP contribution in [0.4, 0.5) is 0 Å². The standard InChI is InChI=1S/C31H34N2O3/c34-30(29(24-13-6-2-7-14-24)25-15-8-3-9-16-25)33-20-18-27(21-28(33)31(35)36)32-19-10-17-26(22-32)23-11-4-1-5-12-23/h1-9,11-16,26-29H,10,17-22H2,(H,35,36)/t26-,27-,28-/m0/s1. The number of carboxylic acid groups (broad SMARTS) is 1. The van der Waals surface area contributed by atoms with E-state index < -0.39 is 17.9 Å². The first-order valence-corrected chi connectivity index (χ1v) is 13.0. The summed E-state index contributed by atoms with van der Waals surface area (Å²) in [6.07, 6.45) is 3.54. The van der Waals surface area contributed by atoms with Crippen molar-refractivity contribution in [1.29, 1.82) is 0 Å². The minimum atomic E-state index is -0.912. The number of likely N-dealkylation sites (tertiary alicyclic amines) is 2. The van der Waals surface area contributed by atoms with Gasteiger partial charge in [-0.15, -0.1) is 0 Å². The van der Waals surface area contributed by atoms with Crippen LogP contribution in [-0.4, -0.2) is 58.5 Å². The Kier molecular flexibility index (Phi) is 7.47. The van der Waals surface area contributed by atoms with Gasteiger partial charge in [0.1, 0.15) is 6.04 Å². The second kappa shape index (κ2) is 11.1. The number of piperidine rings is 2. The first-order valence-electron chi connectivity index (χ1n) is 13.0. The molecule has 5 nitrogen and oxygen atoms in total. The van der Waals surface area contributed by atoms with Gasteiger partial charge in [0.2, 0.25) is 5.91 Å². The van der Waals surface area contributed by atoms with Gasteiger partial charge in [0.25, 0.3) is 0 Å². The molecule has 1 amide bonds. The zero-order chi connectivity index (χ0) is 24.9. The highest BCUT2D eigenvalue weighted by atomic mass is 16.4. The van der Waals surface area contributed by atoms with Crippen LogP contribution in [0.2, 0.25) is 0 Å². The van der Waals surface area contributed by atoms with Crippen LogP contribution in [0.1, 0.15) is 54.2 Å². The number of rotatable bonds is 6. The van der Waals surface area contributed by atoms with Crippen LogP contribution in [0.3, 0.4) is 0 Å². The lowest BCUT2D eigenvalue weighted by Gasteiger charge is -2.45. The summed E-state index contributed by atoms with van der Waals surface area (Å²) in [6.45, 7) is 2.40. The molecule has 3 aromatic carbocycles. The predicted octanol–water partition coefficient (Wildman–Crippen LogP) is 5.14. The van der Waals surface area contributed by atoms with E-state index in [2.05, 4.69) is 29.2 Å². The van der Waals surface area contributed by atoms with Crippen molar-refractivity contribution in [2.75, 3.05) is 19.6 Å². The molecule has 5 heteroatoms. The Bertz CT molecular complexity index is 1110. The lowest BCUT2D eigenvalue weighted by molar-refractivity contribution is -0.154. The summed E-state index contributed by atoms with van der Waals surface area (Å²) in [5.41, 5.74) is 3.14. The van der Waals surface area contributed by atoms with Crippen LogP contribution in [0, 0.1) is 0 Å². The van der Waals surface area contributed by atoms with Crippen molar-refractivity contribution >= 4 is 11.9 Å². The molecule has 0 saturated carbocycles. The second-order valence-corrected chi connectivity index (χ2v) is 10.1. The molecule has 2 aliphatic heterocycles. The zero-order valence-corrected chi connectivity index (χ0v) is 20.6. The fourth-order valence-corrected chi connectivity index (χ4v) is 6.05. The Morgan fingerprint density at radius 1 is 0.778 bits per heavy atom. The van der Waals surface area contributed by atoms with Gasteiger partial charge in [0, 0.05) is 19.1 Å². The molecule has 1 N–H and O–H groups in total. The topological polar surface area (TPSA) is 60.9 Å². The Labute approximate surface area is 213 Å². The van der Waals surface area contributed by atoms with Crippen LogP contribution < -0.4 is 0 Å². The number of amides is 1. The van der Waals surface area contributed by atoms with E-state index in [-0.39, 0.29) is 11.9 Å². The van der Waals surface area contributed by atoms with Gasteiger partial charge < -0.3 is 10.0 Å². The molecule has 5 rings (SSSR count). The second-order valence-electron chi connectivity index (χ2n) is 10.1. The number of benzene rings is 3. The van der Waals surface area contributed by atoms with E-state index in [1.165, 1.54) is 5.56 Å². The highest BCUT2D eigenvalue weighted by Gasteiger charge is 2.41. The van der Waals surface area contributed by atoms with Crippen LogP contribution in [0.25, 0.3) is 0 Å². The summed E-state index contributed by atoms with van der Waals surface area (Å²) in [5, 5.41) is 10.2. The Morgan fingerprint density at radius 3 is 1.94 bits per heavy atom. The van der Waals surface area contributed by atoms with Crippen molar-refractivity contribution in [2.24, 2.45) is 0 Å². The number of carboxylic acids is 1. The molecule has 0 radical (unpaired) electrons. The molecule has 0 spiro atoms. The number of carbonyl (C=O) groups is 2. The maximum Gasteiger partial charge on any atom is 0.326 e. The smallest absolute Gasteiger partial charge is 0.326 e. The highest BCUT2D eigenvalue weighted by molar-refractivity contribution is 5.91. The molecule has 0 unspecified atom stereocenters. The van der Waals surface area contributed by atoms with Crippen molar-refractivity contribution in [1.82, 2.24) is 9.80 Å². The van der Waals surface area contributed by atoms with Gasteiger partial charge in [-0.05, 0) is 54.8 Å². The third-order valence-corrected chi connectivity index (χ3v) is 7.90. The molecular weight excluding hydrogens is 448 g/mol. The molecular formula is C31H34N2O3. The predicted molar refractivity (Wildman–Crippen MR) is 141 cm³/mol. The third kappa shape index (κ3) is 5.21. The van der Waals surface area contributed by atoms with Crippen LogP contribution in [-0.2, 0) is 9.59 Å². The summed E-state index contributed by atoms with van der Waals surface area (Å²) in [6, 6.07) is 29.4. The fourth-order valence-electron chi connectivity index (χ4n) is 6.05. The normalized spacial score (nSPS) is 22.9. The molecule has 2 fully saturated rings. The zero-order valence-electron chi connectivity index (χ0n) is 20.6. The first kappa shape index (κ1) is 24.3. The highest BCUT2D eigenvalue weighted by Crippen LogP contribution is 2.34. The largest absolute Gasteiger partial charge is 0.480 e. The Hall–Kier alpha value is -3.44. The molecule has 36 heavy (non-hydrogen) atoms. The number of hydrogen-bond acceptors (Lipinski definition) is 3.